The van der Waals surface area contributed by atoms with E-state index in [0.717, 1.165) is 17.9 Å². The fraction of sp³-hybridized carbons (Fsp3) is 0.562. The number of guanidine groups is 1. The van der Waals surface area contributed by atoms with Gasteiger partial charge in [0.05, 0.1) is 25.9 Å². The van der Waals surface area contributed by atoms with Gasteiger partial charge in [-0.2, -0.15) is 0 Å². The molecule has 0 bridgehead atoms. The number of methoxy groups -OCH3 is 2. The van der Waals surface area contributed by atoms with Crippen molar-refractivity contribution >= 4 is 11.6 Å². The third-order valence-corrected chi connectivity index (χ3v) is 4.52. The molecule has 0 aromatic heterocycles. The normalized spacial score (nSPS) is 24.9. The van der Waals surface area contributed by atoms with Crippen LogP contribution in [0.4, 0.5) is 5.69 Å². The van der Waals surface area contributed by atoms with E-state index in [4.69, 9.17) is 15.2 Å². The lowest BCUT2D eigenvalue weighted by atomic mass is 9.94. The van der Waals surface area contributed by atoms with Crippen LogP contribution in [-0.2, 0) is 0 Å². The van der Waals surface area contributed by atoms with Crippen molar-refractivity contribution in [2.75, 3.05) is 19.5 Å². The Hall–Kier alpha value is -1.91. The molecule has 0 amide bonds. The molecule has 5 nitrogen and oxygen atoms in total. The molecule has 1 aliphatic rings. The molecule has 5 heteroatoms. The number of ether oxygens (including phenoxy) is 2. The number of hydrogen-bond donors (Lipinski definition) is 2. The van der Waals surface area contributed by atoms with Crippen LogP contribution in [0, 0.1) is 11.3 Å². The maximum Gasteiger partial charge on any atom is 0.193 e. The van der Waals surface area contributed by atoms with Crippen molar-refractivity contribution < 1.29 is 9.47 Å². The van der Waals surface area contributed by atoms with Gasteiger partial charge in [-0.1, -0.05) is 20.8 Å². The summed E-state index contributed by atoms with van der Waals surface area (Å²) in [7, 11) is 3.25. The Balaban J connectivity index is 2.11. The summed E-state index contributed by atoms with van der Waals surface area (Å²) >= 11 is 0. The average molecular weight is 291 g/mol. The van der Waals surface area contributed by atoms with E-state index in [-0.39, 0.29) is 5.41 Å². The Morgan fingerprint density at radius 3 is 2.62 bits per heavy atom. The molecule has 0 saturated heterocycles. The molecular weight excluding hydrogens is 266 g/mol. The fourth-order valence-corrected chi connectivity index (χ4v) is 2.42. The molecule has 116 valence electrons. The van der Waals surface area contributed by atoms with Gasteiger partial charge in [0, 0.05) is 6.07 Å². The lowest BCUT2D eigenvalue weighted by molar-refractivity contribution is 0.383. The minimum absolute atomic E-state index is 0.269. The molecular formula is C16H25N3O2. The highest BCUT2D eigenvalue weighted by atomic mass is 16.5. The number of benzene rings is 1. The van der Waals surface area contributed by atoms with Crippen molar-refractivity contribution in [1.82, 2.24) is 0 Å². The molecule has 3 N–H and O–H groups in total. The zero-order chi connectivity index (χ0) is 15.6. The van der Waals surface area contributed by atoms with Gasteiger partial charge < -0.3 is 20.5 Å². The zero-order valence-electron chi connectivity index (χ0n) is 13.4. The molecule has 1 aromatic carbocycles. The van der Waals surface area contributed by atoms with Crippen LogP contribution in [0.3, 0.4) is 0 Å². The molecule has 0 heterocycles. The number of hydrogen-bond acceptors (Lipinski definition) is 3. The van der Waals surface area contributed by atoms with E-state index in [9.17, 15) is 0 Å². The van der Waals surface area contributed by atoms with E-state index >= 15 is 0 Å². The van der Waals surface area contributed by atoms with Gasteiger partial charge in [-0.15, -0.1) is 0 Å². The summed E-state index contributed by atoms with van der Waals surface area (Å²) in [6.45, 7) is 6.71. The maximum atomic E-state index is 6.03. The average Bonchev–Trinajstić information content (AvgIpc) is 3.10. The van der Waals surface area contributed by atoms with Crippen molar-refractivity contribution in [3.05, 3.63) is 18.2 Å². The van der Waals surface area contributed by atoms with Crippen molar-refractivity contribution in [2.24, 2.45) is 22.1 Å². The van der Waals surface area contributed by atoms with Crippen LogP contribution in [0.25, 0.3) is 0 Å². The lowest BCUT2D eigenvalue weighted by Gasteiger charge is -2.15. The first kappa shape index (κ1) is 15.5. The van der Waals surface area contributed by atoms with Crippen LogP contribution in [0.1, 0.15) is 27.2 Å². The van der Waals surface area contributed by atoms with Gasteiger partial charge in [-0.25, -0.2) is 4.99 Å². The second kappa shape index (κ2) is 5.84. The maximum absolute atomic E-state index is 6.03. The first-order chi connectivity index (χ1) is 9.90. The van der Waals surface area contributed by atoms with Crippen molar-refractivity contribution in [2.45, 2.75) is 33.2 Å². The molecule has 1 fully saturated rings. The largest absolute Gasteiger partial charge is 0.497 e. The van der Waals surface area contributed by atoms with Crippen LogP contribution in [-0.4, -0.2) is 26.2 Å². The molecule has 0 radical (unpaired) electrons. The van der Waals surface area contributed by atoms with Gasteiger partial charge in [0.1, 0.15) is 11.5 Å². The minimum Gasteiger partial charge on any atom is -0.497 e. The molecule has 2 atom stereocenters. The predicted octanol–water partition coefficient (Wildman–Crippen LogP) is 2.87. The summed E-state index contributed by atoms with van der Waals surface area (Å²) in [4.78, 5) is 4.58. The molecule has 21 heavy (non-hydrogen) atoms. The Morgan fingerprint density at radius 2 is 2.10 bits per heavy atom. The van der Waals surface area contributed by atoms with Crippen molar-refractivity contribution in [3.8, 4) is 11.5 Å². The number of nitrogens with two attached hydrogens (primary N) is 1. The molecule has 1 aliphatic carbocycles. The van der Waals surface area contributed by atoms with Gasteiger partial charge in [-0.05, 0) is 29.9 Å². The van der Waals surface area contributed by atoms with Crippen LogP contribution >= 0.6 is 0 Å². The van der Waals surface area contributed by atoms with Crippen LogP contribution in [0.2, 0.25) is 0 Å². The van der Waals surface area contributed by atoms with Crippen LogP contribution in [0.5, 0.6) is 11.5 Å². The van der Waals surface area contributed by atoms with Gasteiger partial charge in [0.2, 0.25) is 0 Å². The number of rotatable bonds is 5. The summed E-state index contributed by atoms with van der Waals surface area (Å²) in [5, 5.41) is 3.11. The summed E-state index contributed by atoms with van der Waals surface area (Å²) in [6, 6.07) is 5.81. The smallest absolute Gasteiger partial charge is 0.193 e. The first-order valence-corrected chi connectivity index (χ1v) is 7.23. The number of nitrogens with zero attached hydrogens (tertiary/aromatic N) is 1. The molecule has 2 unspecified atom stereocenters. The van der Waals surface area contributed by atoms with Gasteiger partial charge in [0.15, 0.2) is 5.96 Å². The Bertz CT molecular complexity index is 542. The Labute approximate surface area is 126 Å². The first-order valence-electron chi connectivity index (χ1n) is 7.23. The van der Waals surface area contributed by atoms with E-state index in [1.807, 2.05) is 18.2 Å². The van der Waals surface area contributed by atoms with Crippen molar-refractivity contribution in [3.63, 3.8) is 0 Å². The summed E-state index contributed by atoms with van der Waals surface area (Å²) < 4.78 is 10.5. The lowest BCUT2D eigenvalue weighted by Crippen LogP contribution is -2.24. The third kappa shape index (κ3) is 3.23. The van der Waals surface area contributed by atoms with Crippen molar-refractivity contribution in [1.29, 1.82) is 0 Å². The second-order valence-corrected chi connectivity index (χ2v) is 6.09. The van der Waals surface area contributed by atoms with Gasteiger partial charge in [0.25, 0.3) is 0 Å². The fourth-order valence-electron chi connectivity index (χ4n) is 2.42. The Morgan fingerprint density at radius 1 is 1.38 bits per heavy atom. The highest BCUT2D eigenvalue weighted by Crippen LogP contribution is 2.53. The van der Waals surface area contributed by atoms with E-state index in [1.54, 1.807) is 14.2 Å². The van der Waals surface area contributed by atoms with E-state index in [2.05, 4.69) is 31.1 Å². The van der Waals surface area contributed by atoms with Gasteiger partial charge >= 0.3 is 0 Å². The van der Waals surface area contributed by atoms with Crippen LogP contribution < -0.4 is 20.5 Å². The minimum atomic E-state index is 0.269. The highest BCUT2D eigenvalue weighted by Gasteiger charge is 2.52. The highest BCUT2D eigenvalue weighted by molar-refractivity contribution is 5.94. The van der Waals surface area contributed by atoms with E-state index < -0.39 is 0 Å². The third-order valence-electron chi connectivity index (χ3n) is 4.52. The monoisotopic (exact) mass is 291 g/mol. The zero-order valence-corrected chi connectivity index (χ0v) is 13.4. The van der Waals surface area contributed by atoms with Crippen LogP contribution in [0.15, 0.2) is 23.2 Å². The summed E-state index contributed by atoms with van der Waals surface area (Å²) in [5.74, 6) is 2.46. The number of anilines is 1. The molecule has 2 rings (SSSR count). The SMILES string of the molecule is COc1ccc(OC)c(NC(N)=NC2CC2(C)C(C)C)c1. The molecule has 1 aromatic rings. The predicted molar refractivity (Wildman–Crippen MR) is 86.1 cm³/mol. The second-order valence-electron chi connectivity index (χ2n) is 6.09. The Kier molecular flexibility index (Phi) is 4.30. The van der Waals surface area contributed by atoms with E-state index in [0.29, 0.717) is 23.7 Å². The quantitative estimate of drug-likeness (QED) is 0.646. The number of nitrogens with one attached hydrogen (secondary N) is 1. The molecule has 1 saturated carbocycles. The summed E-state index contributed by atoms with van der Waals surface area (Å²) in [5.41, 5.74) is 7.05. The van der Waals surface area contributed by atoms with Gasteiger partial charge in [-0.3, -0.25) is 0 Å². The molecule has 0 aliphatic heterocycles. The summed E-state index contributed by atoms with van der Waals surface area (Å²) in [6.07, 6.45) is 1.09. The molecule has 0 spiro atoms. The van der Waals surface area contributed by atoms with E-state index in [1.165, 1.54) is 0 Å². The standard InChI is InChI=1S/C16H25N3O2/c1-10(2)16(3)9-14(16)19-15(17)18-12-8-11(20-4)6-7-13(12)21-5/h6-8,10,14H,9H2,1-5H3,(H3,17,18,19). The number of aliphatic imine (C=N–C) groups is 1. The topological polar surface area (TPSA) is 68.9 Å².